The standard InChI is InChI=1S/C70H48N2/c1-5-19-49(20-6-1)56-45-57(50-21-7-2-8-22-50)47-58(46-56)51-33-38-59(39-34-51)71(60-40-35-54(36-41-60)64-43-37-53-25-13-14-29-63(53)70(64)55-26-11-4-12-27-55)61-42-44-66-65-30-16-18-32-68(65)72(69(66)48-61)67-31-17-15-28-62(67)52-23-9-3-10-24-52/h1-48H. The van der Waals surface area contributed by atoms with E-state index in [0.29, 0.717) is 0 Å². The Hall–Kier alpha value is -9.50. The van der Waals surface area contributed by atoms with Crippen LogP contribution in [0.5, 0.6) is 0 Å². The summed E-state index contributed by atoms with van der Waals surface area (Å²) in [5.41, 5.74) is 21.0. The van der Waals surface area contributed by atoms with Crippen molar-refractivity contribution in [2.24, 2.45) is 0 Å². The predicted octanol–water partition coefficient (Wildman–Crippen LogP) is 19.4. The van der Waals surface area contributed by atoms with Gasteiger partial charge in [0.25, 0.3) is 0 Å². The van der Waals surface area contributed by atoms with E-state index in [9.17, 15) is 0 Å². The maximum absolute atomic E-state index is 2.45. The molecular weight excluding hydrogens is 869 g/mol. The van der Waals surface area contributed by atoms with Gasteiger partial charge in [-0.05, 0) is 139 Å². The number of hydrogen-bond donors (Lipinski definition) is 0. The molecule has 0 N–H and O–H groups in total. The molecule has 0 bridgehead atoms. The molecule has 0 spiro atoms. The highest BCUT2D eigenvalue weighted by Crippen LogP contribution is 2.44. The Morgan fingerprint density at radius 3 is 1.31 bits per heavy atom. The first-order valence-electron chi connectivity index (χ1n) is 24.7. The third-order valence-electron chi connectivity index (χ3n) is 14.2. The van der Waals surface area contributed by atoms with Crippen LogP contribution < -0.4 is 4.90 Å². The SMILES string of the molecule is c1ccc(-c2cc(-c3ccccc3)cc(-c3ccc(N(c4ccc(-c5ccc6ccccc6c5-c5ccccc5)cc4)c4ccc5c6ccccc6n(-c6ccccc6-c6ccccc6)c5c4)cc3)c2)cc1. The summed E-state index contributed by atoms with van der Waals surface area (Å²) in [7, 11) is 0. The van der Waals surface area contributed by atoms with Gasteiger partial charge < -0.3 is 9.47 Å². The van der Waals surface area contributed by atoms with Gasteiger partial charge in [-0.25, -0.2) is 0 Å². The van der Waals surface area contributed by atoms with E-state index in [1.807, 2.05) is 0 Å². The summed E-state index contributed by atoms with van der Waals surface area (Å²) in [6.07, 6.45) is 0. The molecule has 0 atom stereocenters. The van der Waals surface area contributed by atoms with E-state index >= 15 is 0 Å². The number of nitrogens with zero attached hydrogens (tertiary/aromatic N) is 2. The van der Waals surface area contributed by atoms with Gasteiger partial charge in [0.2, 0.25) is 0 Å². The highest BCUT2D eigenvalue weighted by molar-refractivity contribution is 6.11. The number of fused-ring (bicyclic) bond motifs is 4. The second-order valence-corrected chi connectivity index (χ2v) is 18.5. The van der Waals surface area contributed by atoms with Crippen LogP contribution in [0.2, 0.25) is 0 Å². The lowest BCUT2D eigenvalue weighted by molar-refractivity contribution is 1.18. The minimum Gasteiger partial charge on any atom is -0.310 e. The Labute approximate surface area is 420 Å². The zero-order chi connectivity index (χ0) is 47.8. The second kappa shape index (κ2) is 18.4. The van der Waals surface area contributed by atoms with Crippen LogP contribution in [-0.4, -0.2) is 4.57 Å². The summed E-state index contributed by atoms with van der Waals surface area (Å²) in [6.45, 7) is 0. The summed E-state index contributed by atoms with van der Waals surface area (Å²) < 4.78 is 2.45. The average Bonchev–Trinajstić information content (AvgIpc) is 3.79. The van der Waals surface area contributed by atoms with E-state index in [1.165, 1.54) is 88.3 Å². The quantitative estimate of drug-likeness (QED) is 0.133. The molecule has 0 aliphatic rings. The third kappa shape index (κ3) is 7.82. The second-order valence-electron chi connectivity index (χ2n) is 18.5. The molecule has 0 amide bonds. The van der Waals surface area contributed by atoms with Gasteiger partial charge in [-0.1, -0.05) is 224 Å². The summed E-state index contributed by atoms with van der Waals surface area (Å²) in [4.78, 5) is 2.41. The van der Waals surface area contributed by atoms with E-state index in [0.717, 1.165) is 33.8 Å². The Bertz CT molecular complexity index is 3990. The molecule has 0 radical (unpaired) electrons. The fourth-order valence-electron chi connectivity index (χ4n) is 10.7. The molecule has 72 heavy (non-hydrogen) atoms. The molecule has 13 rings (SSSR count). The van der Waals surface area contributed by atoms with Crippen molar-refractivity contribution < 1.29 is 0 Å². The zero-order valence-corrected chi connectivity index (χ0v) is 39.6. The van der Waals surface area contributed by atoms with E-state index in [2.05, 4.69) is 301 Å². The van der Waals surface area contributed by atoms with Gasteiger partial charge in [0.1, 0.15) is 0 Å². The monoisotopic (exact) mass is 916 g/mol. The Kier molecular flexibility index (Phi) is 10.9. The van der Waals surface area contributed by atoms with E-state index in [1.54, 1.807) is 0 Å². The molecule has 0 aliphatic heterocycles. The van der Waals surface area contributed by atoms with E-state index in [-0.39, 0.29) is 0 Å². The number of aromatic nitrogens is 1. The van der Waals surface area contributed by atoms with Crippen molar-refractivity contribution in [2.45, 2.75) is 0 Å². The maximum Gasteiger partial charge on any atom is 0.0562 e. The molecule has 2 nitrogen and oxygen atoms in total. The molecular formula is C70H48N2. The molecule has 13 aromatic rings. The summed E-state index contributed by atoms with van der Waals surface area (Å²) in [6, 6.07) is 106. The average molecular weight is 917 g/mol. The molecule has 2 heteroatoms. The van der Waals surface area contributed by atoms with Crippen molar-refractivity contribution in [3.8, 4) is 72.4 Å². The lowest BCUT2D eigenvalue weighted by Crippen LogP contribution is -2.10. The van der Waals surface area contributed by atoms with Crippen LogP contribution in [0.3, 0.4) is 0 Å². The fraction of sp³-hybridized carbons (Fsp3) is 0. The Balaban J connectivity index is 0.980. The van der Waals surface area contributed by atoms with Crippen LogP contribution in [0, 0.1) is 0 Å². The lowest BCUT2D eigenvalue weighted by Gasteiger charge is -2.26. The summed E-state index contributed by atoms with van der Waals surface area (Å²) in [5, 5.41) is 4.91. The van der Waals surface area contributed by atoms with Crippen molar-refractivity contribution in [1.82, 2.24) is 4.57 Å². The van der Waals surface area contributed by atoms with Gasteiger partial charge in [0.15, 0.2) is 0 Å². The predicted molar refractivity (Wildman–Crippen MR) is 306 cm³/mol. The van der Waals surface area contributed by atoms with Crippen molar-refractivity contribution >= 4 is 49.6 Å². The number of benzene rings is 12. The summed E-state index contributed by atoms with van der Waals surface area (Å²) in [5.74, 6) is 0. The van der Waals surface area contributed by atoms with Crippen LogP contribution in [0.1, 0.15) is 0 Å². The number of para-hydroxylation sites is 2. The summed E-state index contributed by atoms with van der Waals surface area (Å²) >= 11 is 0. The van der Waals surface area contributed by atoms with Crippen LogP contribution in [0.15, 0.2) is 291 Å². The molecule has 0 unspecified atom stereocenters. The van der Waals surface area contributed by atoms with Crippen LogP contribution in [0.4, 0.5) is 17.1 Å². The molecule has 338 valence electrons. The van der Waals surface area contributed by atoms with Crippen molar-refractivity contribution in [2.75, 3.05) is 4.90 Å². The lowest BCUT2D eigenvalue weighted by atomic mass is 9.90. The number of hydrogen-bond acceptors (Lipinski definition) is 1. The minimum absolute atomic E-state index is 1.07. The molecule has 0 aliphatic carbocycles. The molecule has 0 saturated carbocycles. The molecule has 0 fully saturated rings. The Morgan fingerprint density at radius 2 is 0.681 bits per heavy atom. The first kappa shape index (κ1) is 42.6. The molecule has 1 heterocycles. The van der Waals surface area contributed by atoms with Gasteiger partial charge in [0, 0.05) is 33.4 Å². The van der Waals surface area contributed by atoms with Crippen molar-refractivity contribution in [3.05, 3.63) is 291 Å². The number of anilines is 3. The van der Waals surface area contributed by atoms with Crippen molar-refractivity contribution in [1.29, 1.82) is 0 Å². The van der Waals surface area contributed by atoms with Crippen molar-refractivity contribution in [3.63, 3.8) is 0 Å². The maximum atomic E-state index is 2.45. The van der Waals surface area contributed by atoms with Gasteiger partial charge >= 0.3 is 0 Å². The third-order valence-corrected chi connectivity index (χ3v) is 14.2. The van der Waals surface area contributed by atoms with Crippen LogP contribution >= 0.6 is 0 Å². The van der Waals surface area contributed by atoms with Gasteiger partial charge in [-0.15, -0.1) is 0 Å². The van der Waals surface area contributed by atoms with E-state index in [4.69, 9.17) is 0 Å². The normalized spacial score (nSPS) is 11.3. The first-order chi connectivity index (χ1) is 35.7. The first-order valence-corrected chi connectivity index (χ1v) is 24.7. The highest BCUT2D eigenvalue weighted by atomic mass is 15.1. The van der Waals surface area contributed by atoms with Crippen LogP contribution in [0.25, 0.3) is 105 Å². The highest BCUT2D eigenvalue weighted by Gasteiger charge is 2.21. The molecule has 1 aromatic heterocycles. The molecule has 12 aromatic carbocycles. The largest absolute Gasteiger partial charge is 0.310 e. The minimum atomic E-state index is 1.07. The smallest absolute Gasteiger partial charge is 0.0562 e. The van der Waals surface area contributed by atoms with Gasteiger partial charge in [-0.3, -0.25) is 0 Å². The topological polar surface area (TPSA) is 8.17 Å². The van der Waals surface area contributed by atoms with E-state index < -0.39 is 0 Å². The zero-order valence-electron chi connectivity index (χ0n) is 39.6. The van der Waals surface area contributed by atoms with Gasteiger partial charge in [-0.2, -0.15) is 0 Å². The molecule has 0 saturated heterocycles. The number of rotatable bonds is 10. The fourth-order valence-corrected chi connectivity index (χ4v) is 10.7. The van der Waals surface area contributed by atoms with Gasteiger partial charge in [0.05, 0.1) is 16.7 Å². The van der Waals surface area contributed by atoms with Crippen LogP contribution in [-0.2, 0) is 0 Å². The Morgan fingerprint density at radius 1 is 0.236 bits per heavy atom.